The SMILES string of the molecule is Cc1nn(C)c2ncc(C(=O)O)c(OCCC(C)(C)C)c12. The van der Waals surface area contributed by atoms with Crippen molar-refractivity contribution in [3.05, 3.63) is 17.5 Å². The number of ether oxygens (including phenoxy) is 1. The molecule has 0 saturated heterocycles. The highest BCUT2D eigenvalue weighted by Gasteiger charge is 2.21. The molecule has 0 fully saturated rings. The Morgan fingerprint density at radius 3 is 2.67 bits per heavy atom. The van der Waals surface area contributed by atoms with Gasteiger partial charge in [-0.2, -0.15) is 5.10 Å². The van der Waals surface area contributed by atoms with Crippen molar-refractivity contribution in [3.63, 3.8) is 0 Å². The van der Waals surface area contributed by atoms with Gasteiger partial charge < -0.3 is 9.84 Å². The van der Waals surface area contributed by atoms with Crippen LogP contribution in [0.2, 0.25) is 0 Å². The Balaban J connectivity index is 2.47. The molecule has 0 amide bonds. The topological polar surface area (TPSA) is 77.2 Å². The van der Waals surface area contributed by atoms with E-state index >= 15 is 0 Å². The Morgan fingerprint density at radius 1 is 1.43 bits per heavy atom. The van der Waals surface area contributed by atoms with Gasteiger partial charge in [0.2, 0.25) is 0 Å². The lowest BCUT2D eigenvalue weighted by atomic mass is 9.93. The van der Waals surface area contributed by atoms with Crippen LogP contribution in [-0.4, -0.2) is 32.4 Å². The molecule has 0 bridgehead atoms. The van der Waals surface area contributed by atoms with Crippen LogP contribution in [-0.2, 0) is 7.05 Å². The number of aryl methyl sites for hydroxylation is 2. The zero-order chi connectivity index (χ0) is 15.8. The Kier molecular flexibility index (Phi) is 3.89. The predicted octanol–water partition coefficient (Wildman–Crippen LogP) is 2.79. The van der Waals surface area contributed by atoms with Crippen LogP contribution >= 0.6 is 0 Å². The third kappa shape index (κ3) is 3.15. The molecule has 1 N–H and O–H groups in total. The first kappa shape index (κ1) is 15.3. The third-order valence-corrected chi connectivity index (χ3v) is 3.31. The van der Waals surface area contributed by atoms with Gasteiger partial charge in [0.25, 0.3) is 0 Å². The van der Waals surface area contributed by atoms with Crippen LogP contribution in [0.3, 0.4) is 0 Å². The Hall–Kier alpha value is -2.11. The number of aromatic carboxylic acids is 1. The van der Waals surface area contributed by atoms with Crippen LogP contribution in [0, 0.1) is 12.3 Å². The van der Waals surface area contributed by atoms with Gasteiger partial charge in [-0.05, 0) is 18.8 Å². The van der Waals surface area contributed by atoms with Crippen molar-refractivity contribution in [1.82, 2.24) is 14.8 Å². The lowest BCUT2D eigenvalue weighted by Gasteiger charge is -2.19. The molecule has 6 heteroatoms. The fraction of sp³-hybridized carbons (Fsp3) is 0.533. The van der Waals surface area contributed by atoms with E-state index in [0.29, 0.717) is 29.1 Å². The molecule has 0 saturated carbocycles. The van der Waals surface area contributed by atoms with Crippen LogP contribution in [0.25, 0.3) is 11.0 Å². The maximum atomic E-state index is 11.4. The van der Waals surface area contributed by atoms with Gasteiger partial charge in [-0.15, -0.1) is 0 Å². The van der Waals surface area contributed by atoms with Crippen LogP contribution in [0.5, 0.6) is 5.75 Å². The Morgan fingerprint density at radius 2 is 2.10 bits per heavy atom. The molecule has 0 unspecified atom stereocenters. The van der Waals surface area contributed by atoms with E-state index in [1.165, 1.54) is 6.20 Å². The number of fused-ring (bicyclic) bond motifs is 1. The van der Waals surface area contributed by atoms with E-state index in [9.17, 15) is 9.90 Å². The fourth-order valence-corrected chi connectivity index (χ4v) is 2.14. The molecular formula is C15H21N3O3. The summed E-state index contributed by atoms with van der Waals surface area (Å²) in [6, 6.07) is 0. The highest BCUT2D eigenvalue weighted by molar-refractivity contribution is 5.98. The minimum Gasteiger partial charge on any atom is -0.492 e. The minimum absolute atomic E-state index is 0.0764. The summed E-state index contributed by atoms with van der Waals surface area (Å²) in [5.41, 5.74) is 1.55. The highest BCUT2D eigenvalue weighted by atomic mass is 16.5. The lowest BCUT2D eigenvalue weighted by molar-refractivity contribution is 0.0691. The second-order valence-corrected chi connectivity index (χ2v) is 6.37. The van der Waals surface area contributed by atoms with Crippen LogP contribution in [0.4, 0.5) is 0 Å². The van der Waals surface area contributed by atoms with Gasteiger partial charge in [-0.1, -0.05) is 20.8 Å². The van der Waals surface area contributed by atoms with Crippen molar-refractivity contribution in [2.24, 2.45) is 12.5 Å². The summed E-state index contributed by atoms with van der Waals surface area (Å²) in [4.78, 5) is 15.6. The van der Waals surface area contributed by atoms with Crippen molar-refractivity contribution in [1.29, 1.82) is 0 Å². The van der Waals surface area contributed by atoms with E-state index in [4.69, 9.17) is 4.74 Å². The summed E-state index contributed by atoms with van der Waals surface area (Å²) in [5, 5.41) is 14.3. The van der Waals surface area contributed by atoms with Gasteiger partial charge in [-0.3, -0.25) is 4.68 Å². The molecule has 2 heterocycles. The summed E-state index contributed by atoms with van der Waals surface area (Å²) in [6.07, 6.45) is 2.16. The molecule has 0 spiro atoms. The molecule has 21 heavy (non-hydrogen) atoms. The molecule has 2 aromatic heterocycles. The molecule has 0 aliphatic heterocycles. The maximum Gasteiger partial charge on any atom is 0.341 e. The molecule has 0 aliphatic rings. The van der Waals surface area contributed by atoms with Crippen molar-refractivity contribution in [2.75, 3.05) is 6.61 Å². The number of carboxylic acid groups (broad SMARTS) is 1. The third-order valence-electron chi connectivity index (χ3n) is 3.31. The molecule has 2 aromatic rings. The van der Waals surface area contributed by atoms with Crippen molar-refractivity contribution < 1.29 is 14.6 Å². The quantitative estimate of drug-likeness (QED) is 0.937. The number of pyridine rings is 1. The van der Waals surface area contributed by atoms with Gasteiger partial charge in [-0.25, -0.2) is 9.78 Å². The van der Waals surface area contributed by atoms with Crippen LogP contribution in [0.1, 0.15) is 43.2 Å². The summed E-state index contributed by atoms with van der Waals surface area (Å²) in [5.74, 6) is -0.680. The first-order valence-corrected chi connectivity index (χ1v) is 6.89. The smallest absolute Gasteiger partial charge is 0.341 e. The maximum absolute atomic E-state index is 11.4. The minimum atomic E-state index is -1.04. The van der Waals surface area contributed by atoms with Gasteiger partial charge >= 0.3 is 5.97 Å². The summed E-state index contributed by atoms with van der Waals surface area (Å²) in [6.45, 7) is 8.63. The molecule has 2 rings (SSSR count). The molecular weight excluding hydrogens is 270 g/mol. The zero-order valence-corrected chi connectivity index (χ0v) is 13.1. The number of aromatic nitrogens is 3. The fourth-order valence-electron chi connectivity index (χ4n) is 2.14. The van der Waals surface area contributed by atoms with E-state index in [0.717, 1.165) is 6.42 Å². The number of nitrogens with zero attached hydrogens (tertiary/aromatic N) is 3. The molecule has 0 radical (unpaired) electrons. The number of hydrogen-bond donors (Lipinski definition) is 1. The van der Waals surface area contributed by atoms with Gasteiger partial charge in [0.05, 0.1) is 17.7 Å². The summed E-state index contributed by atoms with van der Waals surface area (Å²) in [7, 11) is 1.78. The number of rotatable bonds is 4. The van der Waals surface area contributed by atoms with Gasteiger partial charge in [0.1, 0.15) is 11.3 Å². The molecule has 0 aromatic carbocycles. The van der Waals surface area contributed by atoms with Crippen LogP contribution in [0.15, 0.2) is 6.20 Å². The molecule has 114 valence electrons. The van der Waals surface area contributed by atoms with Crippen molar-refractivity contribution in [2.45, 2.75) is 34.1 Å². The number of hydrogen-bond acceptors (Lipinski definition) is 4. The second-order valence-electron chi connectivity index (χ2n) is 6.37. The van der Waals surface area contributed by atoms with E-state index in [-0.39, 0.29) is 11.0 Å². The summed E-state index contributed by atoms with van der Waals surface area (Å²) < 4.78 is 7.44. The normalized spacial score (nSPS) is 11.9. The first-order chi connectivity index (χ1) is 9.70. The van der Waals surface area contributed by atoms with Gasteiger partial charge in [0, 0.05) is 13.2 Å². The first-order valence-electron chi connectivity index (χ1n) is 6.89. The molecule has 6 nitrogen and oxygen atoms in total. The average Bonchev–Trinajstić information content (AvgIpc) is 2.63. The Labute approximate surface area is 123 Å². The summed E-state index contributed by atoms with van der Waals surface area (Å²) >= 11 is 0. The standard InChI is InChI=1S/C15H21N3O3/c1-9-11-12(21-7-6-15(2,3)4)10(14(19)20)8-16-13(11)18(5)17-9/h8H,6-7H2,1-5H3,(H,19,20). The number of carboxylic acids is 1. The average molecular weight is 291 g/mol. The predicted molar refractivity (Wildman–Crippen MR) is 79.8 cm³/mol. The van der Waals surface area contributed by atoms with E-state index < -0.39 is 5.97 Å². The Bertz CT molecular complexity index is 684. The molecule has 0 aliphatic carbocycles. The van der Waals surface area contributed by atoms with Crippen molar-refractivity contribution in [3.8, 4) is 5.75 Å². The second kappa shape index (κ2) is 5.35. The highest BCUT2D eigenvalue weighted by Crippen LogP contribution is 2.31. The van der Waals surface area contributed by atoms with E-state index in [2.05, 4.69) is 30.9 Å². The van der Waals surface area contributed by atoms with Gasteiger partial charge in [0.15, 0.2) is 5.65 Å². The van der Waals surface area contributed by atoms with E-state index in [1.807, 2.05) is 6.92 Å². The van der Waals surface area contributed by atoms with Crippen LogP contribution < -0.4 is 4.74 Å². The lowest BCUT2D eigenvalue weighted by Crippen LogP contribution is -2.13. The molecule has 0 atom stereocenters. The monoisotopic (exact) mass is 291 g/mol. The zero-order valence-electron chi connectivity index (χ0n) is 13.1. The number of carbonyl (C=O) groups is 1. The largest absolute Gasteiger partial charge is 0.492 e. The van der Waals surface area contributed by atoms with Crippen molar-refractivity contribution >= 4 is 17.0 Å². The van der Waals surface area contributed by atoms with E-state index in [1.54, 1.807) is 11.7 Å².